The summed E-state index contributed by atoms with van der Waals surface area (Å²) in [5, 5.41) is 6.44. The predicted molar refractivity (Wildman–Crippen MR) is 98.1 cm³/mol. The molecule has 2 aromatic carbocycles. The molecule has 1 heterocycles. The lowest BCUT2D eigenvalue weighted by molar-refractivity contribution is 0.629. The number of benzene rings is 2. The molecule has 0 aliphatic carbocycles. The molecule has 0 spiro atoms. The fourth-order valence-electron chi connectivity index (χ4n) is 2.44. The van der Waals surface area contributed by atoms with Gasteiger partial charge in [0.25, 0.3) is 0 Å². The molecule has 3 aromatic rings. The van der Waals surface area contributed by atoms with Gasteiger partial charge in [0.15, 0.2) is 0 Å². The van der Waals surface area contributed by atoms with Crippen LogP contribution in [-0.4, -0.2) is 17.9 Å². The van der Waals surface area contributed by atoms with E-state index in [4.69, 9.17) is 0 Å². The summed E-state index contributed by atoms with van der Waals surface area (Å²) in [6.45, 7) is 4.09. The highest BCUT2D eigenvalue weighted by atomic mass is 32.1. The number of rotatable bonds is 3. The van der Waals surface area contributed by atoms with Crippen LogP contribution in [0.1, 0.15) is 16.7 Å². The van der Waals surface area contributed by atoms with Crippen molar-refractivity contribution in [2.75, 3.05) is 7.05 Å². The zero-order chi connectivity index (χ0) is 17.1. The van der Waals surface area contributed by atoms with Crippen molar-refractivity contribution in [3.8, 4) is 11.3 Å². The average Bonchev–Trinajstić information content (AvgIpc) is 2.99. The highest BCUT2D eigenvalue weighted by molar-refractivity contribution is 7.07. The highest BCUT2D eigenvalue weighted by Gasteiger charge is 2.11. The largest absolute Gasteiger partial charge is 0.261 e. The summed E-state index contributed by atoms with van der Waals surface area (Å²) in [6, 6.07) is 12.9. The number of thiazole rings is 1. The van der Waals surface area contributed by atoms with E-state index in [9.17, 15) is 4.39 Å². The van der Waals surface area contributed by atoms with Crippen molar-refractivity contribution in [1.82, 2.24) is 4.68 Å². The summed E-state index contributed by atoms with van der Waals surface area (Å²) < 4.78 is 15.8. The van der Waals surface area contributed by atoms with Crippen molar-refractivity contribution in [2.45, 2.75) is 13.8 Å². The Bertz CT molecular complexity index is 967. The molecule has 0 unspecified atom stereocenters. The van der Waals surface area contributed by atoms with Crippen LogP contribution in [0.15, 0.2) is 57.9 Å². The van der Waals surface area contributed by atoms with Gasteiger partial charge in [-0.05, 0) is 37.1 Å². The first-order chi connectivity index (χ1) is 11.6. The SMILES string of the molecule is CN=c1scc(-c2ccccc2F)n1/N=C\c1cc(C)ccc1C. The molecule has 3 rings (SSSR count). The summed E-state index contributed by atoms with van der Waals surface area (Å²) in [6.07, 6.45) is 1.80. The Balaban J connectivity index is 2.11. The van der Waals surface area contributed by atoms with Crippen LogP contribution in [0.5, 0.6) is 0 Å². The van der Waals surface area contributed by atoms with Gasteiger partial charge in [0.05, 0.1) is 11.9 Å². The minimum atomic E-state index is -0.270. The van der Waals surface area contributed by atoms with Gasteiger partial charge in [-0.1, -0.05) is 35.9 Å². The Morgan fingerprint density at radius 2 is 1.92 bits per heavy atom. The van der Waals surface area contributed by atoms with Crippen molar-refractivity contribution in [1.29, 1.82) is 0 Å². The van der Waals surface area contributed by atoms with Gasteiger partial charge in [0.2, 0.25) is 4.80 Å². The maximum absolute atomic E-state index is 14.2. The third-order valence-electron chi connectivity index (χ3n) is 3.77. The van der Waals surface area contributed by atoms with E-state index in [-0.39, 0.29) is 5.82 Å². The van der Waals surface area contributed by atoms with E-state index in [2.05, 4.69) is 28.3 Å². The Labute approximate surface area is 144 Å². The van der Waals surface area contributed by atoms with Crippen LogP contribution in [0.2, 0.25) is 0 Å². The van der Waals surface area contributed by atoms with Gasteiger partial charge in [-0.2, -0.15) is 5.10 Å². The average molecular weight is 339 g/mol. The quantitative estimate of drug-likeness (QED) is 0.634. The maximum atomic E-state index is 14.2. The molecule has 0 radical (unpaired) electrons. The molecule has 0 saturated carbocycles. The zero-order valence-corrected chi connectivity index (χ0v) is 14.6. The van der Waals surface area contributed by atoms with E-state index in [1.54, 1.807) is 30.1 Å². The topological polar surface area (TPSA) is 29.6 Å². The molecule has 0 saturated heterocycles. The summed E-state index contributed by atoms with van der Waals surface area (Å²) in [5.41, 5.74) is 4.56. The molecule has 1 aromatic heterocycles. The lowest BCUT2D eigenvalue weighted by Crippen LogP contribution is -2.12. The normalized spacial score (nSPS) is 12.2. The lowest BCUT2D eigenvalue weighted by atomic mass is 10.1. The lowest BCUT2D eigenvalue weighted by Gasteiger charge is -2.05. The molecule has 0 N–H and O–H groups in total. The molecular formula is C19H18FN3S. The second kappa shape index (κ2) is 6.93. The Kier molecular flexibility index (Phi) is 4.71. The summed E-state index contributed by atoms with van der Waals surface area (Å²) in [7, 11) is 1.71. The van der Waals surface area contributed by atoms with Gasteiger partial charge >= 0.3 is 0 Å². The molecule has 0 aliphatic rings. The molecule has 0 aliphatic heterocycles. The number of hydrogen-bond donors (Lipinski definition) is 0. The van der Waals surface area contributed by atoms with Crippen molar-refractivity contribution in [3.05, 3.63) is 75.2 Å². The molecule has 0 atom stereocenters. The molecule has 24 heavy (non-hydrogen) atoms. The third-order valence-corrected chi connectivity index (χ3v) is 4.68. The first-order valence-electron chi connectivity index (χ1n) is 7.60. The Morgan fingerprint density at radius 1 is 1.12 bits per heavy atom. The van der Waals surface area contributed by atoms with Crippen LogP contribution in [-0.2, 0) is 0 Å². The monoisotopic (exact) mass is 339 g/mol. The molecule has 122 valence electrons. The van der Waals surface area contributed by atoms with Crippen LogP contribution >= 0.6 is 11.3 Å². The van der Waals surface area contributed by atoms with E-state index in [0.29, 0.717) is 11.3 Å². The van der Waals surface area contributed by atoms with Gasteiger partial charge in [0, 0.05) is 18.0 Å². The molecule has 0 amide bonds. The van der Waals surface area contributed by atoms with E-state index < -0.39 is 0 Å². The van der Waals surface area contributed by atoms with Crippen LogP contribution in [0, 0.1) is 19.7 Å². The van der Waals surface area contributed by atoms with Crippen molar-refractivity contribution < 1.29 is 4.39 Å². The standard InChI is InChI=1S/C19H18FN3S/c1-13-8-9-14(2)15(10-13)11-22-23-18(12-24-19(23)21-3)16-6-4-5-7-17(16)20/h4-12H,1-3H3/b21-19?,22-11-. The highest BCUT2D eigenvalue weighted by Crippen LogP contribution is 2.23. The fourth-order valence-corrected chi connectivity index (χ4v) is 3.23. The second-order valence-electron chi connectivity index (χ2n) is 5.52. The third kappa shape index (κ3) is 3.21. The second-order valence-corrected chi connectivity index (χ2v) is 6.36. The van der Waals surface area contributed by atoms with Crippen molar-refractivity contribution in [2.24, 2.45) is 10.1 Å². The van der Waals surface area contributed by atoms with Gasteiger partial charge in [-0.25, -0.2) is 9.07 Å². The molecule has 0 fully saturated rings. The molecule has 5 heteroatoms. The number of halogens is 1. The van der Waals surface area contributed by atoms with E-state index in [1.807, 2.05) is 25.3 Å². The number of nitrogens with zero attached hydrogens (tertiary/aromatic N) is 3. The van der Waals surface area contributed by atoms with Crippen LogP contribution in [0.25, 0.3) is 11.3 Å². The number of aromatic nitrogens is 1. The zero-order valence-electron chi connectivity index (χ0n) is 13.8. The van der Waals surface area contributed by atoms with E-state index >= 15 is 0 Å². The van der Waals surface area contributed by atoms with Crippen LogP contribution < -0.4 is 4.80 Å². The van der Waals surface area contributed by atoms with Crippen LogP contribution in [0.3, 0.4) is 0 Å². The minimum Gasteiger partial charge on any atom is -0.261 e. The summed E-state index contributed by atoms with van der Waals surface area (Å²) in [4.78, 5) is 4.96. The van der Waals surface area contributed by atoms with Gasteiger partial charge in [-0.15, -0.1) is 11.3 Å². The molecule has 0 bridgehead atoms. The van der Waals surface area contributed by atoms with Gasteiger partial charge < -0.3 is 0 Å². The summed E-state index contributed by atoms with van der Waals surface area (Å²) >= 11 is 1.44. The Hall–Kier alpha value is -2.53. The van der Waals surface area contributed by atoms with E-state index in [1.165, 1.54) is 23.0 Å². The number of hydrogen-bond acceptors (Lipinski definition) is 3. The maximum Gasteiger partial charge on any atom is 0.205 e. The smallest absolute Gasteiger partial charge is 0.205 e. The van der Waals surface area contributed by atoms with Gasteiger partial charge in [-0.3, -0.25) is 4.99 Å². The summed E-state index contributed by atoms with van der Waals surface area (Å²) in [5.74, 6) is -0.270. The van der Waals surface area contributed by atoms with Crippen molar-refractivity contribution in [3.63, 3.8) is 0 Å². The van der Waals surface area contributed by atoms with E-state index in [0.717, 1.165) is 15.9 Å². The van der Waals surface area contributed by atoms with Crippen LogP contribution in [0.4, 0.5) is 4.39 Å². The number of aryl methyl sites for hydroxylation is 2. The Morgan fingerprint density at radius 3 is 2.67 bits per heavy atom. The van der Waals surface area contributed by atoms with Crippen molar-refractivity contribution >= 4 is 17.6 Å². The first-order valence-corrected chi connectivity index (χ1v) is 8.48. The first kappa shape index (κ1) is 16.3. The predicted octanol–water partition coefficient (Wildman–Crippen LogP) is 4.39. The fraction of sp³-hybridized carbons (Fsp3) is 0.158. The minimum absolute atomic E-state index is 0.270. The molecular weight excluding hydrogens is 321 g/mol. The van der Waals surface area contributed by atoms with Gasteiger partial charge in [0.1, 0.15) is 5.82 Å². The molecule has 3 nitrogen and oxygen atoms in total.